The molecule has 0 unspecified atom stereocenters. The van der Waals surface area contributed by atoms with E-state index in [1.165, 1.54) is 4.31 Å². The van der Waals surface area contributed by atoms with Crippen LogP contribution >= 0.6 is 0 Å². The Morgan fingerprint density at radius 1 is 1.37 bits per heavy atom. The summed E-state index contributed by atoms with van der Waals surface area (Å²) in [6, 6.07) is 1.89. The predicted molar refractivity (Wildman–Crippen MR) is 77.4 cm³/mol. The van der Waals surface area contributed by atoms with E-state index < -0.39 is 10.0 Å². The van der Waals surface area contributed by atoms with Crippen molar-refractivity contribution in [2.45, 2.75) is 51.6 Å². The lowest BCUT2D eigenvalue weighted by atomic mass is 10.3. The molecule has 0 aromatic carbocycles. The monoisotopic (exact) mass is 287 g/mol. The second kappa shape index (κ2) is 6.54. The van der Waals surface area contributed by atoms with Crippen LogP contribution < -0.4 is 5.73 Å². The molecule has 1 aromatic rings. The van der Waals surface area contributed by atoms with Gasteiger partial charge in [0, 0.05) is 37.6 Å². The molecule has 6 heteroatoms. The van der Waals surface area contributed by atoms with E-state index in [0.717, 1.165) is 12.1 Å². The molecule has 0 radical (unpaired) electrons. The number of hydrogen-bond acceptors (Lipinski definition) is 3. The zero-order valence-corrected chi connectivity index (χ0v) is 13.1. The number of rotatable bonds is 7. The third kappa shape index (κ3) is 3.38. The van der Waals surface area contributed by atoms with Crippen LogP contribution in [0.3, 0.4) is 0 Å². The van der Waals surface area contributed by atoms with Crippen molar-refractivity contribution >= 4 is 10.0 Å². The minimum atomic E-state index is -3.40. The van der Waals surface area contributed by atoms with Gasteiger partial charge in [0.1, 0.15) is 4.90 Å². The molecule has 0 spiro atoms. The van der Waals surface area contributed by atoms with E-state index in [1.807, 2.05) is 32.3 Å². The summed E-state index contributed by atoms with van der Waals surface area (Å²) in [7, 11) is -3.40. The molecule has 0 atom stereocenters. The van der Waals surface area contributed by atoms with Crippen molar-refractivity contribution in [3.63, 3.8) is 0 Å². The molecule has 0 saturated heterocycles. The SMILES string of the molecule is CCCN(CC)S(=O)(=O)c1cc(CN)n(C(C)C)c1. The van der Waals surface area contributed by atoms with Gasteiger partial charge in [-0.25, -0.2) is 8.42 Å². The molecule has 0 aliphatic carbocycles. The number of sulfonamides is 1. The van der Waals surface area contributed by atoms with E-state index >= 15 is 0 Å². The van der Waals surface area contributed by atoms with Gasteiger partial charge in [0.15, 0.2) is 0 Å². The quantitative estimate of drug-likeness (QED) is 0.833. The first-order valence-electron chi connectivity index (χ1n) is 6.79. The minimum absolute atomic E-state index is 0.198. The number of nitrogens with zero attached hydrogens (tertiary/aromatic N) is 2. The average molecular weight is 287 g/mol. The normalized spacial score (nSPS) is 12.6. The van der Waals surface area contributed by atoms with Crippen molar-refractivity contribution in [1.82, 2.24) is 8.87 Å². The van der Waals surface area contributed by atoms with Crippen LogP contribution in [-0.4, -0.2) is 30.4 Å². The first-order valence-corrected chi connectivity index (χ1v) is 8.23. The molecule has 5 nitrogen and oxygen atoms in total. The number of nitrogens with two attached hydrogens (primary N) is 1. The molecule has 19 heavy (non-hydrogen) atoms. The summed E-state index contributed by atoms with van der Waals surface area (Å²) in [5.74, 6) is 0. The first-order chi connectivity index (χ1) is 8.88. The van der Waals surface area contributed by atoms with E-state index in [1.54, 1.807) is 12.3 Å². The zero-order valence-electron chi connectivity index (χ0n) is 12.3. The minimum Gasteiger partial charge on any atom is -0.346 e. The van der Waals surface area contributed by atoms with Crippen molar-refractivity contribution in [1.29, 1.82) is 0 Å². The smallest absolute Gasteiger partial charge is 0.244 e. The van der Waals surface area contributed by atoms with Crippen molar-refractivity contribution in [3.8, 4) is 0 Å². The molecular formula is C13H25N3O2S. The Hall–Kier alpha value is -0.850. The summed E-state index contributed by atoms with van der Waals surface area (Å²) in [6.07, 6.45) is 2.50. The van der Waals surface area contributed by atoms with Crippen LogP contribution in [-0.2, 0) is 16.6 Å². The molecule has 0 bridgehead atoms. The van der Waals surface area contributed by atoms with Crippen molar-refractivity contribution in [2.24, 2.45) is 5.73 Å². The van der Waals surface area contributed by atoms with E-state index in [9.17, 15) is 8.42 Å². The first kappa shape index (κ1) is 16.2. The Labute approximate surface area is 116 Å². The third-order valence-electron chi connectivity index (χ3n) is 3.14. The molecule has 0 amide bonds. The standard InChI is InChI=1S/C13H25N3O2S/c1-5-7-15(6-2)19(17,18)13-8-12(9-14)16(10-13)11(3)4/h8,10-11H,5-7,9,14H2,1-4H3. The maximum absolute atomic E-state index is 12.5. The summed E-state index contributed by atoms with van der Waals surface area (Å²) >= 11 is 0. The van der Waals surface area contributed by atoms with Gasteiger partial charge in [-0.05, 0) is 26.3 Å². The van der Waals surface area contributed by atoms with Gasteiger partial charge in [0.25, 0.3) is 0 Å². The predicted octanol–water partition coefficient (Wildman–Crippen LogP) is 1.95. The van der Waals surface area contributed by atoms with Crippen LogP contribution in [0.25, 0.3) is 0 Å². The molecule has 1 aromatic heterocycles. The molecular weight excluding hydrogens is 262 g/mol. The van der Waals surface area contributed by atoms with Crippen LogP contribution in [0.15, 0.2) is 17.2 Å². The molecule has 110 valence electrons. The van der Waals surface area contributed by atoms with Gasteiger partial charge in [0.2, 0.25) is 10.0 Å². The van der Waals surface area contributed by atoms with Gasteiger partial charge < -0.3 is 10.3 Å². The van der Waals surface area contributed by atoms with Gasteiger partial charge >= 0.3 is 0 Å². The second-order valence-corrected chi connectivity index (χ2v) is 6.81. The molecule has 1 heterocycles. The maximum Gasteiger partial charge on any atom is 0.244 e. The maximum atomic E-state index is 12.5. The topological polar surface area (TPSA) is 68.3 Å². The highest BCUT2D eigenvalue weighted by Crippen LogP contribution is 2.22. The highest BCUT2D eigenvalue weighted by molar-refractivity contribution is 7.89. The van der Waals surface area contributed by atoms with E-state index in [2.05, 4.69) is 0 Å². The summed E-state index contributed by atoms with van der Waals surface area (Å²) < 4.78 is 28.5. The van der Waals surface area contributed by atoms with Gasteiger partial charge in [-0.15, -0.1) is 0 Å². The van der Waals surface area contributed by atoms with E-state index in [0.29, 0.717) is 24.5 Å². The summed E-state index contributed by atoms with van der Waals surface area (Å²) in [5, 5.41) is 0. The fraction of sp³-hybridized carbons (Fsp3) is 0.692. The summed E-state index contributed by atoms with van der Waals surface area (Å²) in [4.78, 5) is 0.344. The fourth-order valence-corrected chi connectivity index (χ4v) is 3.72. The lowest BCUT2D eigenvalue weighted by Crippen LogP contribution is -2.31. The van der Waals surface area contributed by atoms with Gasteiger partial charge in [0.05, 0.1) is 0 Å². The molecule has 2 N–H and O–H groups in total. The fourth-order valence-electron chi connectivity index (χ4n) is 2.13. The van der Waals surface area contributed by atoms with Crippen LogP contribution in [0.1, 0.15) is 45.9 Å². The van der Waals surface area contributed by atoms with Crippen LogP contribution in [0.4, 0.5) is 0 Å². The molecule has 0 saturated carbocycles. The third-order valence-corrected chi connectivity index (χ3v) is 5.08. The Kier molecular flexibility index (Phi) is 5.58. The summed E-state index contributed by atoms with van der Waals surface area (Å²) in [5.41, 5.74) is 6.53. The highest BCUT2D eigenvalue weighted by Gasteiger charge is 2.25. The second-order valence-electron chi connectivity index (χ2n) is 4.87. The van der Waals surface area contributed by atoms with Gasteiger partial charge in [-0.3, -0.25) is 0 Å². The Balaban J connectivity index is 3.21. The zero-order chi connectivity index (χ0) is 14.6. The molecule has 0 fully saturated rings. The number of aromatic nitrogens is 1. The van der Waals surface area contributed by atoms with E-state index in [-0.39, 0.29) is 6.04 Å². The lowest BCUT2D eigenvalue weighted by molar-refractivity contribution is 0.427. The Morgan fingerprint density at radius 2 is 2.00 bits per heavy atom. The van der Waals surface area contributed by atoms with Crippen molar-refractivity contribution in [2.75, 3.05) is 13.1 Å². The van der Waals surface area contributed by atoms with E-state index in [4.69, 9.17) is 5.73 Å². The van der Waals surface area contributed by atoms with Crippen LogP contribution in [0.5, 0.6) is 0 Å². The Morgan fingerprint density at radius 3 is 2.37 bits per heavy atom. The van der Waals surface area contributed by atoms with Crippen LogP contribution in [0.2, 0.25) is 0 Å². The highest BCUT2D eigenvalue weighted by atomic mass is 32.2. The van der Waals surface area contributed by atoms with Gasteiger partial charge in [-0.2, -0.15) is 4.31 Å². The average Bonchev–Trinajstić information content (AvgIpc) is 2.80. The number of hydrogen-bond donors (Lipinski definition) is 1. The lowest BCUT2D eigenvalue weighted by Gasteiger charge is -2.18. The summed E-state index contributed by atoms with van der Waals surface area (Å²) in [6.45, 7) is 9.23. The molecule has 0 aliphatic heterocycles. The van der Waals surface area contributed by atoms with Crippen molar-refractivity contribution in [3.05, 3.63) is 18.0 Å². The van der Waals surface area contributed by atoms with Gasteiger partial charge in [-0.1, -0.05) is 13.8 Å². The molecule has 1 rings (SSSR count). The largest absolute Gasteiger partial charge is 0.346 e. The van der Waals surface area contributed by atoms with Crippen molar-refractivity contribution < 1.29 is 8.42 Å². The van der Waals surface area contributed by atoms with Crippen LogP contribution in [0, 0.1) is 0 Å². The Bertz CT molecular complexity index is 506. The molecule has 0 aliphatic rings.